The molecule has 0 radical (unpaired) electrons. The van der Waals surface area contributed by atoms with Crippen molar-refractivity contribution in [3.05, 3.63) is 70.8 Å². The van der Waals surface area contributed by atoms with Crippen LogP contribution in [0.3, 0.4) is 0 Å². The molecule has 2 aromatic carbocycles. The number of likely N-dealkylation sites (tertiary alicyclic amines) is 1. The third kappa shape index (κ3) is 5.01. The molecule has 1 atom stereocenters. The van der Waals surface area contributed by atoms with Gasteiger partial charge in [-0.25, -0.2) is 8.78 Å². The lowest BCUT2D eigenvalue weighted by molar-refractivity contribution is -0.131. The lowest BCUT2D eigenvalue weighted by atomic mass is 9.89. The minimum atomic E-state index is -0.622. The van der Waals surface area contributed by atoms with Gasteiger partial charge in [0, 0.05) is 42.7 Å². The molecule has 1 unspecified atom stereocenters. The highest BCUT2D eigenvalue weighted by atomic mass is 19.1. The van der Waals surface area contributed by atoms with Crippen molar-refractivity contribution in [1.82, 2.24) is 10.2 Å². The summed E-state index contributed by atoms with van der Waals surface area (Å²) in [4.78, 5) is 26.0. The van der Waals surface area contributed by atoms with Crippen molar-refractivity contribution >= 4 is 11.7 Å². The van der Waals surface area contributed by atoms with Gasteiger partial charge in [-0.15, -0.1) is 0 Å². The third-order valence-corrected chi connectivity index (χ3v) is 5.15. The van der Waals surface area contributed by atoms with E-state index >= 15 is 0 Å². The Kier molecular flexibility index (Phi) is 6.52. The monoisotopic (exact) mass is 386 g/mol. The topological polar surface area (TPSA) is 49.4 Å². The Morgan fingerprint density at radius 2 is 2.00 bits per heavy atom. The molecule has 1 heterocycles. The number of nitrogens with one attached hydrogen (secondary N) is 1. The van der Waals surface area contributed by atoms with Crippen molar-refractivity contribution in [1.29, 1.82) is 0 Å². The molecule has 0 saturated carbocycles. The van der Waals surface area contributed by atoms with E-state index in [2.05, 4.69) is 5.32 Å². The molecule has 1 N–H and O–H groups in total. The molecule has 4 nitrogen and oxygen atoms in total. The predicted molar refractivity (Wildman–Crippen MR) is 103 cm³/mol. The van der Waals surface area contributed by atoms with Gasteiger partial charge in [-0.2, -0.15) is 0 Å². The van der Waals surface area contributed by atoms with Crippen LogP contribution in [0.4, 0.5) is 8.78 Å². The number of hydrogen-bond donors (Lipinski definition) is 1. The SMILES string of the molecule is CC(=O)c1cccc(C2CCCN(C(=O)CNCc3ccc(F)cc3F)C2)c1. The summed E-state index contributed by atoms with van der Waals surface area (Å²) >= 11 is 0. The van der Waals surface area contributed by atoms with Crippen molar-refractivity contribution in [3.63, 3.8) is 0 Å². The zero-order chi connectivity index (χ0) is 20.1. The summed E-state index contributed by atoms with van der Waals surface area (Å²) in [5.74, 6) is -1.06. The van der Waals surface area contributed by atoms with Gasteiger partial charge in [-0.1, -0.05) is 24.3 Å². The van der Waals surface area contributed by atoms with E-state index in [9.17, 15) is 18.4 Å². The first-order chi connectivity index (χ1) is 13.4. The van der Waals surface area contributed by atoms with Gasteiger partial charge < -0.3 is 10.2 Å². The molecule has 1 amide bonds. The molecule has 1 saturated heterocycles. The zero-order valence-corrected chi connectivity index (χ0v) is 15.9. The normalized spacial score (nSPS) is 16.8. The fraction of sp³-hybridized carbons (Fsp3) is 0.364. The molecule has 0 spiro atoms. The summed E-state index contributed by atoms with van der Waals surface area (Å²) in [7, 11) is 0. The highest BCUT2D eigenvalue weighted by Gasteiger charge is 2.24. The van der Waals surface area contributed by atoms with E-state index in [0.717, 1.165) is 24.5 Å². The Morgan fingerprint density at radius 3 is 2.75 bits per heavy atom. The van der Waals surface area contributed by atoms with Gasteiger partial charge in [-0.3, -0.25) is 9.59 Å². The van der Waals surface area contributed by atoms with Crippen molar-refractivity contribution in [2.45, 2.75) is 32.2 Å². The first kappa shape index (κ1) is 20.1. The van der Waals surface area contributed by atoms with Crippen LogP contribution in [0.1, 0.15) is 47.2 Å². The predicted octanol–water partition coefficient (Wildman–Crippen LogP) is 3.66. The molecule has 1 aliphatic heterocycles. The Hall–Kier alpha value is -2.60. The van der Waals surface area contributed by atoms with Gasteiger partial charge in [0.15, 0.2) is 5.78 Å². The van der Waals surface area contributed by atoms with Gasteiger partial charge in [0.1, 0.15) is 11.6 Å². The number of Topliss-reactive ketones (excluding diaryl/α,β-unsaturated/α-hetero) is 1. The van der Waals surface area contributed by atoms with Crippen LogP contribution in [-0.2, 0) is 11.3 Å². The average Bonchev–Trinajstić information content (AvgIpc) is 2.69. The van der Waals surface area contributed by atoms with Crippen LogP contribution < -0.4 is 5.32 Å². The van der Waals surface area contributed by atoms with E-state index in [1.165, 1.54) is 12.1 Å². The summed E-state index contributed by atoms with van der Waals surface area (Å²) in [6.45, 7) is 3.10. The molecule has 0 aromatic heterocycles. The molecule has 28 heavy (non-hydrogen) atoms. The molecule has 2 aromatic rings. The lowest BCUT2D eigenvalue weighted by Gasteiger charge is -2.33. The Morgan fingerprint density at radius 1 is 1.18 bits per heavy atom. The number of piperidine rings is 1. The molecular formula is C22H24F2N2O2. The Labute approximate surface area is 163 Å². The van der Waals surface area contributed by atoms with Crippen molar-refractivity contribution < 1.29 is 18.4 Å². The van der Waals surface area contributed by atoms with E-state index < -0.39 is 11.6 Å². The summed E-state index contributed by atoms with van der Waals surface area (Å²) in [5.41, 5.74) is 2.09. The highest BCUT2D eigenvalue weighted by molar-refractivity contribution is 5.94. The van der Waals surface area contributed by atoms with Crippen LogP contribution in [0.15, 0.2) is 42.5 Å². The number of hydrogen-bond acceptors (Lipinski definition) is 3. The molecule has 3 rings (SSSR count). The number of carbonyl (C=O) groups is 2. The van der Waals surface area contributed by atoms with E-state index in [-0.39, 0.29) is 30.7 Å². The largest absolute Gasteiger partial charge is 0.341 e. The van der Waals surface area contributed by atoms with Crippen molar-refractivity contribution in [3.8, 4) is 0 Å². The average molecular weight is 386 g/mol. The number of rotatable bonds is 6. The van der Waals surface area contributed by atoms with Crippen LogP contribution in [0.25, 0.3) is 0 Å². The lowest BCUT2D eigenvalue weighted by Crippen LogP contribution is -2.43. The van der Waals surface area contributed by atoms with E-state index in [1.807, 2.05) is 23.1 Å². The van der Waals surface area contributed by atoms with E-state index in [0.29, 0.717) is 24.2 Å². The van der Waals surface area contributed by atoms with E-state index in [1.54, 1.807) is 13.0 Å². The Balaban J connectivity index is 1.55. The van der Waals surface area contributed by atoms with Crippen LogP contribution in [-0.4, -0.2) is 36.2 Å². The second-order valence-corrected chi connectivity index (χ2v) is 7.20. The molecule has 1 fully saturated rings. The third-order valence-electron chi connectivity index (χ3n) is 5.15. The van der Waals surface area contributed by atoms with Gasteiger partial charge in [0.25, 0.3) is 0 Å². The summed E-state index contributed by atoms with van der Waals surface area (Å²) in [6, 6.07) is 11.0. The van der Waals surface area contributed by atoms with Crippen LogP contribution in [0, 0.1) is 11.6 Å². The van der Waals surface area contributed by atoms with Crippen LogP contribution >= 0.6 is 0 Å². The van der Waals surface area contributed by atoms with Gasteiger partial charge >= 0.3 is 0 Å². The van der Waals surface area contributed by atoms with Crippen molar-refractivity contribution in [2.24, 2.45) is 0 Å². The minimum Gasteiger partial charge on any atom is -0.341 e. The maximum atomic E-state index is 13.7. The fourth-order valence-corrected chi connectivity index (χ4v) is 3.57. The molecule has 0 aliphatic carbocycles. The number of nitrogens with zero attached hydrogens (tertiary/aromatic N) is 1. The smallest absolute Gasteiger partial charge is 0.236 e. The van der Waals surface area contributed by atoms with Gasteiger partial charge in [-0.05, 0) is 37.5 Å². The van der Waals surface area contributed by atoms with Crippen LogP contribution in [0.5, 0.6) is 0 Å². The second kappa shape index (κ2) is 9.06. The zero-order valence-electron chi connectivity index (χ0n) is 15.9. The fourth-order valence-electron chi connectivity index (χ4n) is 3.57. The first-order valence-electron chi connectivity index (χ1n) is 9.47. The summed E-state index contributed by atoms with van der Waals surface area (Å²) < 4.78 is 26.6. The van der Waals surface area contributed by atoms with Crippen molar-refractivity contribution in [2.75, 3.05) is 19.6 Å². The molecule has 1 aliphatic rings. The minimum absolute atomic E-state index is 0.0304. The number of benzene rings is 2. The maximum Gasteiger partial charge on any atom is 0.236 e. The Bertz CT molecular complexity index is 869. The summed E-state index contributed by atoms with van der Waals surface area (Å²) in [6.07, 6.45) is 1.87. The molecule has 148 valence electrons. The first-order valence-corrected chi connectivity index (χ1v) is 9.47. The molecule has 6 heteroatoms. The number of ketones is 1. The maximum absolute atomic E-state index is 13.7. The second-order valence-electron chi connectivity index (χ2n) is 7.20. The summed E-state index contributed by atoms with van der Waals surface area (Å²) in [5, 5.41) is 2.94. The van der Waals surface area contributed by atoms with Crippen LogP contribution in [0.2, 0.25) is 0 Å². The molecular weight excluding hydrogens is 362 g/mol. The quantitative estimate of drug-likeness (QED) is 0.771. The number of halogens is 2. The van der Waals surface area contributed by atoms with Gasteiger partial charge in [0.2, 0.25) is 5.91 Å². The number of carbonyl (C=O) groups excluding carboxylic acids is 2. The van der Waals surface area contributed by atoms with Gasteiger partial charge in [0.05, 0.1) is 6.54 Å². The number of amides is 1. The standard InChI is InChI=1S/C22H24F2N2O2/c1-15(27)16-4-2-5-17(10-16)19-6-3-9-26(14-19)22(28)13-25-12-18-7-8-20(23)11-21(18)24/h2,4-5,7-8,10-11,19,25H,3,6,9,12-14H2,1H3. The highest BCUT2D eigenvalue weighted by Crippen LogP contribution is 2.27. The van der Waals surface area contributed by atoms with E-state index in [4.69, 9.17) is 0 Å². The molecule has 0 bridgehead atoms.